The maximum absolute atomic E-state index is 12.1. The molecule has 3 rings (SSSR count). The molecule has 0 spiro atoms. The van der Waals surface area contributed by atoms with Crippen LogP contribution in [0, 0.1) is 0 Å². The molecule has 0 saturated heterocycles. The lowest BCUT2D eigenvalue weighted by Crippen LogP contribution is -2.27. The molecule has 1 aromatic heterocycles. The second-order valence-electron chi connectivity index (χ2n) is 4.49. The molecule has 0 saturated carbocycles. The number of sulfonamides is 1. The Morgan fingerprint density at radius 3 is 3.00 bits per heavy atom. The summed E-state index contributed by atoms with van der Waals surface area (Å²) in [4.78, 5) is 0.148. The summed E-state index contributed by atoms with van der Waals surface area (Å²) in [6.45, 7) is 0. The molecule has 1 atom stereocenters. The molecule has 0 fully saturated rings. The summed E-state index contributed by atoms with van der Waals surface area (Å²) in [6, 6.07) is 5.35. The van der Waals surface area contributed by atoms with Gasteiger partial charge in [-0.3, -0.25) is 5.10 Å². The Morgan fingerprint density at radius 1 is 1.42 bits per heavy atom. The first-order chi connectivity index (χ1) is 9.06. The van der Waals surface area contributed by atoms with Gasteiger partial charge in [-0.2, -0.15) is 5.10 Å². The van der Waals surface area contributed by atoms with Crippen molar-refractivity contribution in [2.45, 2.75) is 23.8 Å². The van der Waals surface area contributed by atoms with Crippen molar-refractivity contribution >= 4 is 21.6 Å². The van der Waals surface area contributed by atoms with Crippen LogP contribution in [-0.2, 0) is 16.4 Å². The van der Waals surface area contributed by atoms with Crippen molar-refractivity contribution in [3.63, 3.8) is 0 Å². The predicted octanol–water partition coefficient (Wildman–Crippen LogP) is 2.03. The lowest BCUT2D eigenvalue weighted by Gasteiger charge is -2.13. The van der Waals surface area contributed by atoms with Crippen LogP contribution in [0.3, 0.4) is 0 Å². The van der Waals surface area contributed by atoms with Crippen LogP contribution in [0.2, 0.25) is 5.02 Å². The lowest BCUT2D eigenvalue weighted by atomic mass is 10.1. The topological polar surface area (TPSA) is 74.8 Å². The molecule has 1 unspecified atom stereocenters. The second kappa shape index (κ2) is 4.63. The van der Waals surface area contributed by atoms with Gasteiger partial charge in [0.25, 0.3) is 0 Å². The van der Waals surface area contributed by atoms with E-state index in [2.05, 4.69) is 14.9 Å². The van der Waals surface area contributed by atoms with Gasteiger partial charge in [0.2, 0.25) is 10.0 Å². The van der Waals surface area contributed by atoms with Crippen molar-refractivity contribution in [1.29, 1.82) is 0 Å². The Bertz CT molecular complexity index is 698. The maximum Gasteiger partial charge on any atom is 0.244 e. The van der Waals surface area contributed by atoms with Crippen molar-refractivity contribution in [2.75, 3.05) is 0 Å². The zero-order chi connectivity index (χ0) is 13.5. The van der Waals surface area contributed by atoms with Crippen molar-refractivity contribution in [3.05, 3.63) is 46.7 Å². The number of H-pyrrole nitrogens is 1. The van der Waals surface area contributed by atoms with Gasteiger partial charge in [0.1, 0.15) is 4.90 Å². The Labute approximate surface area is 116 Å². The van der Waals surface area contributed by atoms with Gasteiger partial charge >= 0.3 is 0 Å². The summed E-state index contributed by atoms with van der Waals surface area (Å²) in [7, 11) is -3.53. The molecule has 100 valence electrons. The summed E-state index contributed by atoms with van der Waals surface area (Å²) in [5, 5.41) is 6.84. The molecule has 1 aromatic carbocycles. The third-order valence-corrected chi connectivity index (χ3v) is 4.94. The minimum atomic E-state index is -3.53. The molecule has 1 aliphatic rings. The summed E-state index contributed by atoms with van der Waals surface area (Å²) in [5.74, 6) is 0. The number of nitrogens with one attached hydrogen (secondary N) is 2. The zero-order valence-corrected chi connectivity index (χ0v) is 11.5. The van der Waals surface area contributed by atoms with Crippen molar-refractivity contribution in [3.8, 4) is 0 Å². The number of aryl methyl sites for hydroxylation is 1. The van der Waals surface area contributed by atoms with Crippen LogP contribution in [-0.4, -0.2) is 18.6 Å². The number of rotatable bonds is 3. The lowest BCUT2D eigenvalue weighted by molar-refractivity contribution is 0.554. The molecule has 1 aliphatic carbocycles. The largest absolute Gasteiger partial charge is 0.284 e. The Morgan fingerprint density at radius 2 is 2.26 bits per heavy atom. The molecule has 2 aromatic rings. The normalized spacial score (nSPS) is 18.5. The molecule has 2 N–H and O–H groups in total. The van der Waals surface area contributed by atoms with E-state index in [1.54, 1.807) is 6.07 Å². The molecule has 5 nitrogen and oxygen atoms in total. The Hall–Kier alpha value is -1.37. The van der Waals surface area contributed by atoms with E-state index in [9.17, 15) is 8.42 Å². The first-order valence-electron chi connectivity index (χ1n) is 5.86. The maximum atomic E-state index is 12.1. The van der Waals surface area contributed by atoms with Crippen LogP contribution in [0.5, 0.6) is 0 Å². The number of hydrogen-bond acceptors (Lipinski definition) is 3. The molecular weight excluding hydrogens is 286 g/mol. The number of halogens is 1. The number of aromatic amines is 1. The van der Waals surface area contributed by atoms with E-state index in [0.29, 0.717) is 5.02 Å². The van der Waals surface area contributed by atoms with Gasteiger partial charge in [-0.05, 0) is 36.1 Å². The molecule has 0 amide bonds. The van der Waals surface area contributed by atoms with Crippen LogP contribution in [0.1, 0.15) is 23.6 Å². The SMILES string of the molecule is O=S(=O)(NC1CCc2cc(Cl)ccc21)c1cn[nH]c1. The highest BCUT2D eigenvalue weighted by molar-refractivity contribution is 7.89. The Balaban J connectivity index is 1.88. The Kier molecular flexibility index (Phi) is 3.08. The fourth-order valence-electron chi connectivity index (χ4n) is 2.35. The molecule has 0 aliphatic heterocycles. The first kappa shape index (κ1) is 12.7. The summed E-state index contributed by atoms with van der Waals surface area (Å²) < 4.78 is 27.0. The predicted molar refractivity (Wildman–Crippen MR) is 71.4 cm³/mol. The van der Waals surface area contributed by atoms with Crippen molar-refractivity contribution in [1.82, 2.24) is 14.9 Å². The van der Waals surface area contributed by atoms with E-state index in [4.69, 9.17) is 11.6 Å². The molecular formula is C12H12ClN3O2S. The molecule has 7 heteroatoms. The van der Waals surface area contributed by atoms with E-state index in [1.165, 1.54) is 12.4 Å². The molecule has 19 heavy (non-hydrogen) atoms. The van der Waals surface area contributed by atoms with Crippen LogP contribution in [0.15, 0.2) is 35.5 Å². The standard InChI is InChI=1S/C12H12ClN3O2S/c13-9-2-3-11-8(5-9)1-4-12(11)16-19(17,18)10-6-14-15-7-10/h2-3,5-7,12,16H,1,4H2,(H,14,15). The van der Waals surface area contributed by atoms with Crippen LogP contribution < -0.4 is 4.72 Å². The van der Waals surface area contributed by atoms with Gasteiger partial charge in [-0.1, -0.05) is 17.7 Å². The average Bonchev–Trinajstić information content (AvgIpc) is 2.98. The first-order valence-corrected chi connectivity index (χ1v) is 7.72. The van der Waals surface area contributed by atoms with Crippen LogP contribution in [0.4, 0.5) is 0 Å². The molecule has 0 bridgehead atoms. The van der Waals surface area contributed by atoms with Crippen molar-refractivity contribution < 1.29 is 8.42 Å². The fourth-order valence-corrected chi connectivity index (χ4v) is 3.70. The van der Waals surface area contributed by atoms with Gasteiger partial charge in [0, 0.05) is 17.3 Å². The van der Waals surface area contributed by atoms with E-state index < -0.39 is 10.0 Å². The smallest absolute Gasteiger partial charge is 0.244 e. The minimum absolute atomic E-state index is 0.148. The van der Waals surface area contributed by atoms with E-state index in [1.807, 2.05) is 12.1 Å². The van der Waals surface area contributed by atoms with E-state index in [-0.39, 0.29) is 10.9 Å². The van der Waals surface area contributed by atoms with Gasteiger partial charge < -0.3 is 0 Å². The average molecular weight is 298 g/mol. The van der Waals surface area contributed by atoms with Crippen LogP contribution >= 0.6 is 11.6 Å². The number of benzene rings is 1. The van der Waals surface area contributed by atoms with E-state index >= 15 is 0 Å². The molecule has 0 radical (unpaired) electrons. The number of hydrogen-bond donors (Lipinski definition) is 2. The number of nitrogens with zero attached hydrogens (tertiary/aromatic N) is 1. The van der Waals surface area contributed by atoms with Crippen LogP contribution in [0.25, 0.3) is 0 Å². The van der Waals surface area contributed by atoms with Gasteiger partial charge in [0.05, 0.1) is 6.20 Å². The zero-order valence-electron chi connectivity index (χ0n) is 9.93. The monoisotopic (exact) mass is 297 g/mol. The summed E-state index contributed by atoms with van der Waals surface area (Å²) in [6.07, 6.45) is 4.22. The van der Waals surface area contributed by atoms with Gasteiger partial charge in [-0.25, -0.2) is 13.1 Å². The molecule has 1 heterocycles. The van der Waals surface area contributed by atoms with Gasteiger partial charge in [0.15, 0.2) is 0 Å². The quantitative estimate of drug-likeness (QED) is 0.910. The summed E-state index contributed by atoms with van der Waals surface area (Å²) in [5.41, 5.74) is 2.10. The third kappa shape index (κ3) is 2.39. The summed E-state index contributed by atoms with van der Waals surface area (Å²) >= 11 is 5.93. The minimum Gasteiger partial charge on any atom is -0.284 e. The van der Waals surface area contributed by atoms with Gasteiger partial charge in [-0.15, -0.1) is 0 Å². The number of aromatic nitrogens is 2. The highest BCUT2D eigenvalue weighted by atomic mass is 35.5. The number of fused-ring (bicyclic) bond motifs is 1. The fraction of sp³-hybridized carbons (Fsp3) is 0.250. The van der Waals surface area contributed by atoms with E-state index in [0.717, 1.165) is 24.0 Å². The second-order valence-corrected chi connectivity index (χ2v) is 6.64. The highest BCUT2D eigenvalue weighted by Gasteiger charge is 2.27. The highest BCUT2D eigenvalue weighted by Crippen LogP contribution is 2.33. The third-order valence-electron chi connectivity index (χ3n) is 3.26. The van der Waals surface area contributed by atoms with Crippen molar-refractivity contribution in [2.24, 2.45) is 0 Å².